The molecule has 0 aliphatic carbocycles. The number of benzene rings is 2. The molecule has 0 aliphatic rings. The summed E-state index contributed by atoms with van der Waals surface area (Å²) in [5.74, 6) is -0.700. The first-order valence-corrected chi connectivity index (χ1v) is 10.4. The Morgan fingerprint density at radius 1 is 1.15 bits per heavy atom. The Hall–Kier alpha value is -3.79. The van der Waals surface area contributed by atoms with Crippen LogP contribution in [0.3, 0.4) is 0 Å². The normalized spacial score (nSPS) is 11.8. The van der Waals surface area contributed by atoms with Gasteiger partial charge in [-0.3, -0.25) is 14.9 Å². The zero-order chi connectivity index (χ0) is 24.0. The Morgan fingerprint density at radius 2 is 1.82 bits per heavy atom. The Balaban J connectivity index is 1.62. The predicted molar refractivity (Wildman–Crippen MR) is 118 cm³/mol. The second-order valence-electron chi connectivity index (χ2n) is 7.59. The summed E-state index contributed by atoms with van der Waals surface area (Å²) in [5, 5.41) is 17.7. The van der Waals surface area contributed by atoms with Gasteiger partial charge in [0.15, 0.2) is 6.61 Å². The molecule has 0 aliphatic heterocycles. The van der Waals surface area contributed by atoms with E-state index in [0.717, 1.165) is 0 Å². The number of aromatic nitrogens is 2. The molecule has 1 unspecified atom stereocenters. The first-order chi connectivity index (χ1) is 15.7. The van der Waals surface area contributed by atoms with Crippen LogP contribution in [0, 0.1) is 16.0 Å². The van der Waals surface area contributed by atoms with Crippen LogP contribution in [0.2, 0.25) is 5.02 Å². The van der Waals surface area contributed by atoms with Crippen molar-refractivity contribution in [3.63, 3.8) is 0 Å². The van der Waals surface area contributed by atoms with Gasteiger partial charge in [0.05, 0.1) is 4.92 Å². The van der Waals surface area contributed by atoms with Crippen molar-refractivity contribution in [3.8, 4) is 11.4 Å². The maximum Gasteiger partial charge on any atom is 0.329 e. The van der Waals surface area contributed by atoms with Crippen LogP contribution >= 0.6 is 11.6 Å². The quantitative estimate of drug-likeness (QED) is 0.278. The molecular formula is C22H21ClN4O6. The van der Waals surface area contributed by atoms with Crippen LogP contribution in [0.25, 0.3) is 11.4 Å². The van der Waals surface area contributed by atoms with E-state index in [1.54, 1.807) is 24.3 Å². The van der Waals surface area contributed by atoms with Gasteiger partial charge in [-0.1, -0.05) is 30.6 Å². The van der Waals surface area contributed by atoms with Gasteiger partial charge < -0.3 is 14.6 Å². The van der Waals surface area contributed by atoms with Crippen molar-refractivity contribution in [2.45, 2.75) is 32.9 Å². The molecule has 0 spiro atoms. The van der Waals surface area contributed by atoms with Gasteiger partial charge in [0.25, 0.3) is 17.5 Å². The van der Waals surface area contributed by atoms with E-state index < -0.39 is 22.8 Å². The van der Waals surface area contributed by atoms with E-state index in [4.69, 9.17) is 20.9 Å². The number of non-ortho nitro benzene ring substituents is 1. The first kappa shape index (κ1) is 23.9. The van der Waals surface area contributed by atoms with Crippen molar-refractivity contribution >= 4 is 29.2 Å². The lowest BCUT2D eigenvalue weighted by Crippen LogP contribution is -2.42. The molecule has 1 amide bonds. The molecule has 0 fully saturated rings. The van der Waals surface area contributed by atoms with Crippen LogP contribution in [0.4, 0.5) is 5.69 Å². The van der Waals surface area contributed by atoms with Gasteiger partial charge in [0, 0.05) is 28.3 Å². The average molecular weight is 473 g/mol. The maximum absolute atomic E-state index is 12.6. The number of nitro groups is 1. The van der Waals surface area contributed by atoms with Gasteiger partial charge >= 0.3 is 5.97 Å². The van der Waals surface area contributed by atoms with Crippen LogP contribution < -0.4 is 5.32 Å². The molecule has 1 N–H and O–H groups in total. The summed E-state index contributed by atoms with van der Waals surface area (Å²) in [6, 6.07) is 11.1. The number of nitro benzene ring substituents is 1. The van der Waals surface area contributed by atoms with Gasteiger partial charge in [-0.05, 0) is 48.7 Å². The van der Waals surface area contributed by atoms with Crippen molar-refractivity contribution in [2.24, 2.45) is 5.92 Å². The molecule has 10 nitrogen and oxygen atoms in total. The van der Waals surface area contributed by atoms with Crippen LogP contribution in [0.15, 0.2) is 53.1 Å². The number of hydrogen-bond acceptors (Lipinski definition) is 8. The Labute approximate surface area is 194 Å². The van der Waals surface area contributed by atoms with E-state index in [-0.39, 0.29) is 29.9 Å². The van der Waals surface area contributed by atoms with E-state index in [9.17, 15) is 19.7 Å². The number of amides is 1. The van der Waals surface area contributed by atoms with Crippen molar-refractivity contribution in [3.05, 3.63) is 75.1 Å². The number of ether oxygens (including phenoxy) is 1. The van der Waals surface area contributed by atoms with E-state index in [1.165, 1.54) is 24.3 Å². The standard InChI is InChI=1S/C22H21ClN4O6/c1-13(2)11-18(24-21(28)15-3-7-16(23)8-4-15)22(29)32-12-19-25-20(26-33-19)14-5-9-17(10-6-14)27(30)31/h3-10,13,18H,11-12H2,1-2H3,(H,24,28). The highest BCUT2D eigenvalue weighted by Crippen LogP contribution is 2.20. The molecule has 11 heteroatoms. The number of nitrogens with zero attached hydrogens (tertiary/aromatic N) is 3. The lowest BCUT2D eigenvalue weighted by atomic mass is 10.0. The summed E-state index contributed by atoms with van der Waals surface area (Å²) >= 11 is 5.85. The Bertz CT molecular complexity index is 1130. The zero-order valence-electron chi connectivity index (χ0n) is 17.9. The van der Waals surface area contributed by atoms with Crippen LogP contribution in [-0.2, 0) is 16.1 Å². The monoisotopic (exact) mass is 472 g/mol. The molecule has 172 valence electrons. The van der Waals surface area contributed by atoms with Crippen LogP contribution in [-0.4, -0.2) is 33.0 Å². The van der Waals surface area contributed by atoms with Crippen LogP contribution in [0.5, 0.6) is 0 Å². The summed E-state index contributed by atoms with van der Waals surface area (Å²) in [5.41, 5.74) is 0.814. The highest BCUT2D eigenvalue weighted by Gasteiger charge is 2.25. The van der Waals surface area contributed by atoms with Crippen molar-refractivity contribution in [1.82, 2.24) is 15.5 Å². The van der Waals surface area contributed by atoms with Crippen molar-refractivity contribution < 1.29 is 23.8 Å². The zero-order valence-corrected chi connectivity index (χ0v) is 18.6. The molecule has 2 aromatic carbocycles. The lowest BCUT2D eigenvalue weighted by Gasteiger charge is -2.19. The number of rotatable bonds is 9. The highest BCUT2D eigenvalue weighted by atomic mass is 35.5. The van der Waals surface area contributed by atoms with Gasteiger partial charge in [-0.25, -0.2) is 4.79 Å². The van der Waals surface area contributed by atoms with E-state index in [1.807, 2.05) is 13.8 Å². The Morgan fingerprint density at radius 3 is 2.42 bits per heavy atom. The van der Waals surface area contributed by atoms with E-state index >= 15 is 0 Å². The maximum atomic E-state index is 12.6. The molecular weight excluding hydrogens is 452 g/mol. The number of halogens is 1. The van der Waals surface area contributed by atoms with Crippen molar-refractivity contribution in [1.29, 1.82) is 0 Å². The average Bonchev–Trinajstić information content (AvgIpc) is 3.26. The minimum absolute atomic E-state index is 0.0454. The van der Waals surface area contributed by atoms with E-state index in [2.05, 4.69) is 15.5 Å². The molecule has 1 heterocycles. The molecule has 0 saturated heterocycles. The SMILES string of the molecule is CC(C)CC(NC(=O)c1ccc(Cl)cc1)C(=O)OCc1nc(-c2ccc([N+](=O)[O-])cc2)no1. The predicted octanol–water partition coefficient (Wildman–Crippen LogP) is 4.19. The minimum atomic E-state index is -0.870. The fourth-order valence-electron chi connectivity index (χ4n) is 2.92. The molecule has 3 rings (SSSR count). The summed E-state index contributed by atoms with van der Waals surface area (Å²) in [4.78, 5) is 39.5. The minimum Gasteiger partial charge on any atom is -0.454 e. The number of hydrogen-bond donors (Lipinski definition) is 1. The summed E-state index contributed by atoms with van der Waals surface area (Å²) in [6.07, 6.45) is 0.371. The van der Waals surface area contributed by atoms with Crippen molar-refractivity contribution in [2.75, 3.05) is 0 Å². The second kappa shape index (κ2) is 10.7. The number of esters is 1. The topological polar surface area (TPSA) is 137 Å². The molecule has 33 heavy (non-hydrogen) atoms. The molecule has 1 atom stereocenters. The first-order valence-electron chi connectivity index (χ1n) is 10.0. The van der Waals surface area contributed by atoms with Gasteiger partial charge in [-0.2, -0.15) is 4.98 Å². The third kappa shape index (κ3) is 6.59. The molecule has 0 bridgehead atoms. The second-order valence-corrected chi connectivity index (χ2v) is 8.02. The molecule has 1 aromatic heterocycles. The summed E-state index contributed by atoms with van der Waals surface area (Å²) in [6.45, 7) is 3.55. The van der Waals surface area contributed by atoms with E-state index in [0.29, 0.717) is 22.6 Å². The fraction of sp³-hybridized carbons (Fsp3) is 0.273. The van der Waals surface area contributed by atoms with Gasteiger partial charge in [0.1, 0.15) is 6.04 Å². The third-order valence-corrected chi connectivity index (χ3v) is 4.80. The summed E-state index contributed by atoms with van der Waals surface area (Å²) < 4.78 is 10.4. The largest absolute Gasteiger partial charge is 0.454 e. The third-order valence-electron chi connectivity index (χ3n) is 4.55. The van der Waals surface area contributed by atoms with Gasteiger partial charge in [-0.15, -0.1) is 0 Å². The Kier molecular flexibility index (Phi) is 7.73. The molecule has 3 aromatic rings. The highest BCUT2D eigenvalue weighted by molar-refractivity contribution is 6.30. The molecule has 0 saturated carbocycles. The van der Waals surface area contributed by atoms with Crippen LogP contribution in [0.1, 0.15) is 36.5 Å². The summed E-state index contributed by atoms with van der Waals surface area (Å²) in [7, 11) is 0. The number of carbonyl (C=O) groups is 2. The smallest absolute Gasteiger partial charge is 0.329 e. The fourth-order valence-corrected chi connectivity index (χ4v) is 3.05. The van der Waals surface area contributed by atoms with Gasteiger partial charge in [0.2, 0.25) is 5.82 Å². The lowest BCUT2D eigenvalue weighted by molar-refractivity contribution is -0.384. The molecule has 0 radical (unpaired) electrons. The number of nitrogens with one attached hydrogen (secondary N) is 1. The number of carbonyl (C=O) groups excluding carboxylic acids is 2.